The average molecular weight is 243 g/mol. The predicted octanol–water partition coefficient (Wildman–Crippen LogP) is 1.55. The van der Waals surface area contributed by atoms with Gasteiger partial charge in [0, 0.05) is 0 Å². The first-order valence-electron chi connectivity index (χ1n) is 5.48. The van der Waals surface area contributed by atoms with Crippen LogP contribution < -0.4 is 5.32 Å². The lowest BCUT2D eigenvalue weighted by Crippen LogP contribution is -2.37. The van der Waals surface area contributed by atoms with Crippen molar-refractivity contribution in [2.24, 2.45) is 0 Å². The van der Waals surface area contributed by atoms with Crippen molar-refractivity contribution >= 4 is 17.5 Å². The van der Waals surface area contributed by atoms with Gasteiger partial charge >= 0.3 is 0 Å². The summed E-state index contributed by atoms with van der Waals surface area (Å²) in [6.07, 6.45) is 3.64. The Hall–Kier alpha value is -0.940. The molecule has 2 rings (SSSR count). The van der Waals surface area contributed by atoms with Crippen LogP contribution in [0.2, 0.25) is 5.15 Å². The zero-order valence-corrected chi connectivity index (χ0v) is 9.91. The van der Waals surface area contributed by atoms with E-state index >= 15 is 0 Å². The Bertz CT molecular complexity index is 374. The second-order valence-corrected chi connectivity index (χ2v) is 4.47. The van der Waals surface area contributed by atoms with Gasteiger partial charge in [-0.25, -0.2) is 4.98 Å². The summed E-state index contributed by atoms with van der Waals surface area (Å²) in [5, 5.41) is 20.8. The lowest BCUT2D eigenvalue weighted by atomic mass is 9.93. The highest BCUT2D eigenvalue weighted by Gasteiger charge is 2.23. The van der Waals surface area contributed by atoms with Crippen molar-refractivity contribution in [3.63, 3.8) is 0 Å². The SMILES string of the molecule is Cc1nc(N[C@H]2CCCC[C@H]2O)nnc1Cl. The molecular weight excluding hydrogens is 228 g/mol. The number of rotatable bonds is 2. The van der Waals surface area contributed by atoms with Gasteiger partial charge in [0.1, 0.15) is 0 Å². The first kappa shape index (κ1) is 11.5. The molecule has 1 saturated carbocycles. The number of nitrogens with one attached hydrogen (secondary N) is 1. The Morgan fingerprint density at radius 2 is 2.06 bits per heavy atom. The largest absolute Gasteiger partial charge is 0.391 e. The fourth-order valence-corrected chi connectivity index (χ4v) is 1.98. The fourth-order valence-electron chi connectivity index (χ4n) is 1.90. The molecule has 0 amide bonds. The Morgan fingerprint density at radius 1 is 1.31 bits per heavy atom. The van der Waals surface area contributed by atoms with Gasteiger partial charge < -0.3 is 10.4 Å². The summed E-state index contributed by atoms with van der Waals surface area (Å²) in [6, 6.07) is 0.0242. The van der Waals surface area contributed by atoms with E-state index in [9.17, 15) is 5.11 Å². The van der Waals surface area contributed by atoms with Crippen LogP contribution in [0.1, 0.15) is 31.4 Å². The van der Waals surface area contributed by atoms with E-state index in [1.54, 1.807) is 6.92 Å². The molecule has 1 aliphatic carbocycles. The Balaban J connectivity index is 2.05. The molecule has 0 saturated heterocycles. The van der Waals surface area contributed by atoms with Crippen LogP contribution in [0.15, 0.2) is 0 Å². The van der Waals surface area contributed by atoms with Crippen molar-refractivity contribution in [3.05, 3.63) is 10.8 Å². The van der Waals surface area contributed by atoms with E-state index in [0.717, 1.165) is 25.7 Å². The van der Waals surface area contributed by atoms with Gasteiger partial charge in [-0.2, -0.15) is 0 Å². The summed E-state index contributed by atoms with van der Waals surface area (Å²) in [5.74, 6) is 0.438. The van der Waals surface area contributed by atoms with Gasteiger partial charge in [-0.05, 0) is 19.8 Å². The Kier molecular flexibility index (Phi) is 3.56. The highest BCUT2D eigenvalue weighted by molar-refractivity contribution is 6.29. The summed E-state index contributed by atoms with van der Waals surface area (Å²) in [5.41, 5.74) is 0.643. The van der Waals surface area contributed by atoms with E-state index < -0.39 is 0 Å². The van der Waals surface area contributed by atoms with Crippen LogP contribution in [0.5, 0.6) is 0 Å². The molecular formula is C10H15ClN4O. The minimum atomic E-state index is -0.326. The third kappa shape index (κ3) is 2.59. The van der Waals surface area contributed by atoms with Crippen LogP contribution >= 0.6 is 11.6 Å². The number of aliphatic hydroxyl groups is 1. The number of aromatic nitrogens is 3. The molecule has 1 fully saturated rings. The van der Waals surface area contributed by atoms with Gasteiger partial charge in [0.2, 0.25) is 5.95 Å². The summed E-state index contributed by atoms with van der Waals surface area (Å²) in [4.78, 5) is 4.17. The molecule has 0 spiro atoms. The molecule has 0 unspecified atom stereocenters. The monoisotopic (exact) mass is 242 g/mol. The molecule has 6 heteroatoms. The molecule has 0 aliphatic heterocycles. The van der Waals surface area contributed by atoms with Crippen LogP contribution in [-0.2, 0) is 0 Å². The van der Waals surface area contributed by atoms with Crippen LogP contribution in [0.4, 0.5) is 5.95 Å². The average Bonchev–Trinajstić information content (AvgIpc) is 2.27. The first-order valence-corrected chi connectivity index (χ1v) is 5.86. The minimum Gasteiger partial charge on any atom is -0.391 e. The molecule has 0 aromatic carbocycles. The molecule has 1 aromatic rings. The quantitative estimate of drug-likeness (QED) is 0.823. The molecule has 1 aromatic heterocycles. The van der Waals surface area contributed by atoms with Gasteiger partial charge in [-0.3, -0.25) is 0 Å². The number of aliphatic hydroxyl groups excluding tert-OH is 1. The van der Waals surface area contributed by atoms with Gasteiger partial charge in [-0.15, -0.1) is 10.2 Å². The van der Waals surface area contributed by atoms with Gasteiger partial charge in [0.25, 0.3) is 0 Å². The zero-order valence-electron chi connectivity index (χ0n) is 9.15. The number of aryl methyl sites for hydroxylation is 1. The maximum atomic E-state index is 9.79. The maximum Gasteiger partial charge on any atom is 0.243 e. The van der Waals surface area contributed by atoms with E-state index in [2.05, 4.69) is 20.5 Å². The predicted molar refractivity (Wildman–Crippen MR) is 61.5 cm³/mol. The van der Waals surface area contributed by atoms with E-state index in [1.807, 2.05) is 0 Å². The molecule has 1 heterocycles. The normalized spacial score (nSPS) is 25.4. The molecule has 16 heavy (non-hydrogen) atoms. The first-order chi connectivity index (χ1) is 7.66. The van der Waals surface area contributed by atoms with Crippen molar-refractivity contribution in [3.8, 4) is 0 Å². The second kappa shape index (κ2) is 4.93. The van der Waals surface area contributed by atoms with Crippen LogP contribution in [0.25, 0.3) is 0 Å². The minimum absolute atomic E-state index is 0.0242. The fraction of sp³-hybridized carbons (Fsp3) is 0.700. The van der Waals surface area contributed by atoms with Crippen molar-refractivity contribution in [1.29, 1.82) is 0 Å². The maximum absolute atomic E-state index is 9.79. The van der Waals surface area contributed by atoms with Crippen LogP contribution in [-0.4, -0.2) is 32.4 Å². The van der Waals surface area contributed by atoms with E-state index in [-0.39, 0.29) is 12.1 Å². The topological polar surface area (TPSA) is 70.9 Å². The summed E-state index contributed by atoms with van der Waals surface area (Å²) in [6.45, 7) is 1.78. The van der Waals surface area contributed by atoms with Gasteiger partial charge in [0.15, 0.2) is 5.15 Å². The lowest BCUT2D eigenvalue weighted by Gasteiger charge is -2.28. The number of nitrogens with zero attached hydrogens (tertiary/aromatic N) is 3. The lowest BCUT2D eigenvalue weighted by molar-refractivity contribution is 0.116. The molecule has 0 radical (unpaired) electrons. The number of anilines is 1. The smallest absolute Gasteiger partial charge is 0.243 e. The van der Waals surface area contributed by atoms with Crippen LogP contribution in [0.3, 0.4) is 0 Å². The number of halogens is 1. The summed E-state index contributed by atoms with van der Waals surface area (Å²) in [7, 11) is 0. The Labute approximate surface area is 99.3 Å². The third-order valence-corrected chi connectivity index (χ3v) is 3.20. The highest BCUT2D eigenvalue weighted by atomic mass is 35.5. The third-order valence-electron chi connectivity index (χ3n) is 2.85. The van der Waals surface area contributed by atoms with E-state index in [4.69, 9.17) is 11.6 Å². The summed E-state index contributed by atoms with van der Waals surface area (Å²) < 4.78 is 0. The summed E-state index contributed by atoms with van der Waals surface area (Å²) >= 11 is 5.74. The van der Waals surface area contributed by atoms with Crippen molar-refractivity contribution in [2.75, 3.05) is 5.32 Å². The van der Waals surface area contributed by atoms with Crippen molar-refractivity contribution < 1.29 is 5.11 Å². The number of hydrogen-bond donors (Lipinski definition) is 2. The van der Waals surface area contributed by atoms with Crippen molar-refractivity contribution in [1.82, 2.24) is 15.2 Å². The zero-order chi connectivity index (χ0) is 11.5. The van der Waals surface area contributed by atoms with E-state index in [0.29, 0.717) is 16.8 Å². The molecule has 2 N–H and O–H groups in total. The standard InChI is InChI=1S/C10H15ClN4O/c1-6-9(11)14-15-10(12-6)13-7-4-2-3-5-8(7)16/h7-8,16H,2-5H2,1H3,(H,12,13,15)/t7-,8+/m0/s1. The van der Waals surface area contributed by atoms with Gasteiger partial charge in [-0.1, -0.05) is 24.4 Å². The van der Waals surface area contributed by atoms with Crippen LogP contribution in [0, 0.1) is 6.92 Å². The molecule has 1 aliphatic rings. The molecule has 0 bridgehead atoms. The molecule has 88 valence electrons. The highest BCUT2D eigenvalue weighted by Crippen LogP contribution is 2.21. The van der Waals surface area contributed by atoms with E-state index in [1.165, 1.54) is 0 Å². The molecule has 5 nitrogen and oxygen atoms in total. The molecule has 2 atom stereocenters. The van der Waals surface area contributed by atoms with Gasteiger partial charge in [0.05, 0.1) is 17.8 Å². The number of hydrogen-bond acceptors (Lipinski definition) is 5. The Morgan fingerprint density at radius 3 is 2.75 bits per heavy atom. The second-order valence-electron chi connectivity index (χ2n) is 4.11. The van der Waals surface area contributed by atoms with Crippen molar-refractivity contribution in [2.45, 2.75) is 44.8 Å².